The molecular weight excluding hydrogens is 293 g/mol. The molecule has 2 aromatic rings. The molecule has 1 aromatic carbocycles. The van der Waals surface area contributed by atoms with Gasteiger partial charge in [-0.15, -0.1) is 0 Å². The fraction of sp³-hybridized carbons (Fsp3) is 0.0909. The second kappa shape index (κ2) is 5.25. The fourth-order valence-corrected chi connectivity index (χ4v) is 1.83. The number of carboxylic acid groups (broad SMARTS) is 1. The lowest BCUT2D eigenvalue weighted by molar-refractivity contribution is -0.385. The zero-order valence-corrected chi connectivity index (χ0v) is 10.5. The molecule has 0 saturated carbocycles. The number of hydrogen-bond acceptors (Lipinski definition) is 4. The van der Waals surface area contributed by atoms with Crippen LogP contribution >= 0.6 is 11.6 Å². The normalized spacial score (nSPS) is 10.5. The minimum atomic E-state index is -1.50. The zero-order chi connectivity index (χ0) is 14.9. The molecule has 104 valence electrons. The van der Waals surface area contributed by atoms with Crippen LogP contribution in [0.3, 0.4) is 0 Å². The van der Waals surface area contributed by atoms with Crippen LogP contribution in [0.4, 0.5) is 10.1 Å². The predicted octanol–water partition coefficient (Wildman–Crippen LogP) is 2.33. The molecule has 0 aliphatic rings. The molecule has 1 heterocycles. The van der Waals surface area contributed by atoms with Crippen LogP contribution in [-0.2, 0) is 6.54 Å². The number of nitro groups is 1. The van der Waals surface area contributed by atoms with Gasteiger partial charge in [-0.25, -0.2) is 9.18 Å². The molecule has 0 spiro atoms. The molecule has 1 N–H and O–H groups in total. The van der Waals surface area contributed by atoms with Crippen LogP contribution in [0.15, 0.2) is 24.4 Å². The Labute approximate surface area is 116 Å². The van der Waals surface area contributed by atoms with Crippen LogP contribution in [0.2, 0.25) is 5.02 Å². The molecule has 0 atom stereocenters. The molecule has 9 heteroatoms. The molecule has 7 nitrogen and oxygen atoms in total. The zero-order valence-electron chi connectivity index (χ0n) is 9.79. The summed E-state index contributed by atoms with van der Waals surface area (Å²) >= 11 is 5.82. The van der Waals surface area contributed by atoms with Crippen molar-refractivity contribution in [3.05, 3.63) is 56.6 Å². The van der Waals surface area contributed by atoms with E-state index < -0.39 is 28.1 Å². The Morgan fingerprint density at radius 2 is 2.25 bits per heavy atom. The Kier molecular flexibility index (Phi) is 3.66. The second-order valence-electron chi connectivity index (χ2n) is 3.86. The molecule has 1 aromatic heterocycles. The van der Waals surface area contributed by atoms with Gasteiger partial charge in [0.2, 0.25) is 5.69 Å². The van der Waals surface area contributed by atoms with Crippen LogP contribution in [0.1, 0.15) is 16.1 Å². The number of nitrogens with zero attached hydrogens (tertiary/aromatic N) is 3. The number of halogens is 2. The van der Waals surface area contributed by atoms with E-state index in [0.717, 1.165) is 16.9 Å². The molecule has 0 saturated heterocycles. The van der Waals surface area contributed by atoms with E-state index >= 15 is 0 Å². The van der Waals surface area contributed by atoms with E-state index in [1.165, 1.54) is 12.1 Å². The third-order valence-corrected chi connectivity index (χ3v) is 2.84. The molecule has 0 bridgehead atoms. The Morgan fingerprint density at radius 1 is 1.55 bits per heavy atom. The highest BCUT2D eigenvalue weighted by molar-refractivity contribution is 6.31. The van der Waals surface area contributed by atoms with Crippen LogP contribution in [-0.4, -0.2) is 25.8 Å². The largest absolute Gasteiger partial charge is 0.476 e. The van der Waals surface area contributed by atoms with Gasteiger partial charge < -0.3 is 5.11 Å². The highest BCUT2D eigenvalue weighted by Gasteiger charge is 2.25. The highest BCUT2D eigenvalue weighted by Crippen LogP contribution is 2.21. The molecule has 0 radical (unpaired) electrons. The Morgan fingerprint density at radius 3 is 2.75 bits per heavy atom. The van der Waals surface area contributed by atoms with Crippen molar-refractivity contribution < 1.29 is 19.2 Å². The van der Waals surface area contributed by atoms with Gasteiger partial charge in [-0.05, 0) is 17.7 Å². The van der Waals surface area contributed by atoms with Crippen LogP contribution < -0.4 is 0 Å². The van der Waals surface area contributed by atoms with Gasteiger partial charge in [0, 0.05) is 5.02 Å². The van der Waals surface area contributed by atoms with Crippen molar-refractivity contribution in [2.24, 2.45) is 0 Å². The summed E-state index contributed by atoms with van der Waals surface area (Å²) in [5.74, 6) is -2.02. The summed E-state index contributed by atoms with van der Waals surface area (Å²) in [5, 5.41) is 23.3. The van der Waals surface area contributed by atoms with Gasteiger partial charge in [0.25, 0.3) is 0 Å². The SMILES string of the molecule is O=C(O)c1nn(Cc2ccc(F)cc2Cl)cc1[N+](=O)[O-]. The van der Waals surface area contributed by atoms with E-state index in [-0.39, 0.29) is 11.6 Å². The number of rotatable bonds is 4. The van der Waals surface area contributed by atoms with Crippen LogP contribution in [0.25, 0.3) is 0 Å². The lowest BCUT2D eigenvalue weighted by Gasteiger charge is -2.03. The summed E-state index contributed by atoms with van der Waals surface area (Å²) in [4.78, 5) is 20.7. The van der Waals surface area contributed by atoms with Gasteiger partial charge >= 0.3 is 11.7 Å². The van der Waals surface area contributed by atoms with Crippen molar-refractivity contribution in [3.8, 4) is 0 Å². The van der Waals surface area contributed by atoms with Crippen molar-refractivity contribution in [2.45, 2.75) is 6.54 Å². The number of aromatic nitrogens is 2. The van der Waals surface area contributed by atoms with E-state index in [1.54, 1.807) is 0 Å². The molecule has 20 heavy (non-hydrogen) atoms. The first-order valence-corrected chi connectivity index (χ1v) is 5.65. The molecule has 2 rings (SSSR count). The minimum absolute atomic E-state index is 0.00671. The van der Waals surface area contributed by atoms with Crippen molar-refractivity contribution in [1.29, 1.82) is 0 Å². The van der Waals surface area contributed by atoms with Gasteiger partial charge in [-0.2, -0.15) is 5.10 Å². The molecular formula is C11H7ClFN3O4. The summed E-state index contributed by atoms with van der Waals surface area (Å²) < 4.78 is 14.0. The van der Waals surface area contributed by atoms with Gasteiger partial charge in [0.1, 0.15) is 12.0 Å². The van der Waals surface area contributed by atoms with E-state index in [0.29, 0.717) is 5.56 Å². The Hall–Kier alpha value is -2.48. The van der Waals surface area contributed by atoms with E-state index in [2.05, 4.69) is 5.10 Å². The summed E-state index contributed by atoms with van der Waals surface area (Å²) in [5.41, 5.74) is -0.814. The maximum Gasteiger partial charge on any atom is 0.363 e. The number of benzene rings is 1. The first-order chi connectivity index (χ1) is 9.38. The number of carboxylic acids is 1. The highest BCUT2D eigenvalue weighted by atomic mass is 35.5. The smallest absolute Gasteiger partial charge is 0.363 e. The topological polar surface area (TPSA) is 98.3 Å². The molecule has 0 unspecified atom stereocenters. The van der Waals surface area contributed by atoms with Gasteiger partial charge in [0.05, 0.1) is 11.5 Å². The van der Waals surface area contributed by atoms with E-state index in [9.17, 15) is 19.3 Å². The molecule has 0 aliphatic heterocycles. The second-order valence-corrected chi connectivity index (χ2v) is 4.27. The monoisotopic (exact) mass is 299 g/mol. The van der Waals surface area contributed by atoms with Gasteiger partial charge in [0.15, 0.2) is 0 Å². The third-order valence-electron chi connectivity index (χ3n) is 2.49. The number of carbonyl (C=O) groups is 1. The summed E-state index contributed by atoms with van der Waals surface area (Å²) in [6, 6.07) is 3.66. The fourth-order valence-electron chi connectivity index (χ4n) is 1.60. The summed E-state index contributed by atoms with van der Waals surface area (Å²) in [6.07, 6.45) is 0.989. The van der Waals surface area contributed by atoms with E-state index in [4.69, 9.17) is 16.7 Å². The number of hydrogen-bond donors (Lipinski definition) is 1. The first-order valence-electron chi connectivity index (χ1n) is 5.27. The van der Waals surface area contributed by atoms with Crippen LogP contribution in [0.5, 0.6) is 0 Å². The number of aromatic carboxylic acids is 1. The average molecular weight is 300 g/mol. The maximum atomic E-state index is 12.9. The standard InChI is InChI=1S/C11H7ClFN3O4/c12-8-3-7(13)2-1-6(8)4-15-5-9(16(19)20)10(14-15)11(17)18/h1-3,5H,4H2,(H,17,18). The van der Waals surface area contributed by atoms with Crippen molar-refractivity contribution in [2.75, 3.05) is 0 Å². The molecule has 0 fully saturated rings. The third kappa shape index (κ3) is 2.75. The minimum Gasteiger partial charge on any atom is -0.476 e. The van der Waals surface area contributed by atoms with Crippen molar-refractivity contribution >= 4 is 23.3 Å². The average Bonchev–Trinajstić information content (AvgIpc) is 2.77. The molecule has 0 amide bonds. The van der Waals surface area contributed by atoms with Crippen molar-refractivity contribution in [3.63, 3.8) is 0 Å². The van der Waals surface area contributed by atoms with Gasteiger partial charge in [-0.3, -0.25) is 14.8 Å². The summed E-state index contributed by atoms with van der Waals surface area (Å²) in [6.45, 7) is -0.00671. The van der Waals surface area contributed by atoms with Crippen molar-refractivity contribution in [1.82, 2.24) is 9.78 Å². The summed E-state index contributed by atoms with van der Waals surface area (Å²) in [7, 11) is 0. The molecule has 0 aliphatic carbocycles. The van der Waals surface area contributed by atoms with E-state index in [1.807, 2.05) is 0 Å². The quantitative estimate of drug-likeness (QED) is 0.690. The Bertz CT molecular complexity index is 669. The van der Waals surface area contributed by atoms with Gasteiger partial charge in [-0.1, -0.05) is 17.7 Å². The maximum absolute atomic E-state index is 12.9. The Balaban J connectivity index is 2.37. The predicted molar refractivity (Wildman–Crippen MR) is 66.4 cm³/mol. The lowest BCUT2D eigenvalue weighted by atomic mass is 10.2. The first kappa shape index (κ1) is 13.9. The lowest BCUT2D eigenvalue weighted by Crippen LogP contribution is -2.05. The van der Waals surface area contributed by atoms with Crippen LogP contribution in [0, 0.1) is 15.9 Å².